The molecule has 20 heavy (non-hydrogen) atoms. The molecule has 1 amide bonds. The fourth-order valence-corrected chi connectivity index (χ4v) is 2.16. The van der Waals surface area contributed by atoms with Crippen LogP contribution in [0.5, 0.6) is 0 Å². The summed E-state index contributed by atoms with van der Waals surface area (Å²) in [5.74, 6) is 5.85. The molecule has 5 heteroatoms. The average Bonchev–Trinajstić information content (AvgIpc) is 2.88. The number of amides is 1. The predicted octanol–water partition coefficient (Wildman–Crippen LogP) is 1.88. The zero-order chi connectivity index (χ0) is 14.8. The molecule has 0 aliphatic heterocycles. The van der Waals surface area contributed by atoms with Crippen LogP contribution in [-0.4, -0.2) is 37.4 Å². The Kier molecular flexibility index (Phi) is 7.97. The van der Waals surface area contributed by atoms with E-state index in [2.05, 4.69) is 31.0 Å². The van der Waals surface area contributed by atoms with Crippen molar-refractivity contribution in [2.45, 2.75) is 20.3 Å². The number of thiophene rings is 1. The van der Waals surface area contributed by atoms with E-state index in [0.717, 1.165) is 17.9 Å². The van der Waals surface area contributed by atoms with Crippen molar-refractivity contribution in [3.8, 4) is 11.8 Å². The summed E-state index contributed by atoms with van der Waals surface area (Å²) >= 11 is 1.39. The fraction of sp³-hybridized carbons (Fsp3) is 0.533. The topological polar surface area (TPSA) is 58.6 Å². The lowest BCUT2D eigenvalue weighted by molar-refractivity contribution is 0.0906. The van der Waals surface area contributed by atoms with Crippen LogP contribution in [0.25, 0.3) is 0 Å². The third kappa shape index (κ3) is 6.71. The van der Waals surface area contributed by atoms with Crippen LogP contribution in [-0.2, 0) is 4.74 Å². The summed E-state index contributed by atoms with van der Waals surface area (Å²) in [4.78, 5) is 12.6. The van der Waals surface area contributed by atoms with Crippen molar-refractivity contribution in [2.75, 3.05) is 26.4 Å². The number of carbonyl (C=O) groups excluding carboxylic acids is 1. The highest BCUT2D eigenvalue weighted by atomic mass is 32.1. The van der Waals surface area contributed by atoms with Gasteiger partial charge in [-0.2, -0.15) is 0 Å². The Balaban J connectivity index is 2.24. The highest BCUT2D eigenvalue weighted by Gasteiger charge is 2.07. The van der Waals surface area contributed by atoms with Gasteiger partial charge in [-0.3, -0.25) is 4.79 Å². The van der Waals surface area contributed by atoms with E-state index < -0.39 is 0 Å². The molecule has 0 aliphatic carbocycles. The van der Waals surface area contributed by atoms with E-state index in [1.807, 2.05) is 0 Å². The number of hydrogen-bond acceptors (Lipinski definition) is 4. The summed E-state index contributed by atoms with van der Waals surface area (Å²) < 4.78 is 5.43. The number of nitrogens with one attached hydrogen (secondary N) is 1. The smallest absolute Gasteiger partial charge is 0.252 e. The number of carbonyl (C=O) groups is 1. The van der Waals surface area contributed by atoms with Gasteiger partial charge in [0.05, 0.1) is 17.0 Å². The number of ether oxygens (including phenoxy) is 1. The van der Waals surface area contributed by atoms with Crippen LogP contribution >= 0.6 is 11.3 Å². The predicted molar refractivity (Wildman–Crippen MR) is 80.9 cm³/mol. The summed E-state index contributed by atoms with van der Waals surface area (Å²) in [6, 6.07) is 1.72. The minimum absolute atomic E-state index is 0.120. The molecule has 0 saturated heterocycles. The lowest BCUT2D eigenvalue weighted by atomic mass is 10.1. The van der Waals surface area contributed by atoms with E-state index in [9.17, 15) is 4.79 Å². The van der Waals surface area contributed by atoms with Gasteiger partial charge in [0.2, 0.25) is 0 Å². The molecule has 0 saturated carbocycles. The van der Waals surface area contributed by atoms with Gasteiger partial charge in [-0.15, -0.1) is 11.3 Å². The molecule has 1 heterocycles. The third-order valence-electron chi connectivity index (χ3n) is 2.52. The van der Waals surface area contributed by atoms with Crippen molar-refractivity contribution in [3.05, 3.63) is 21.9 Å². The van der Waals surface area contributed by atoms with Crippen LogP contribution in [0, 0.1) is 17.8 Å². The lowest BCUT2D eigenvalue weighted by Gasteiger charge is -2.07. The molecule has 0 aliphatic rings. The van der Waals surface area contributed by atoms with Gasteiger partial charge in [0.15, 0.2) is 0 Å². The van der Waals surface area contributed by atoms with Gasteiger partial charge < -0.3 is 15.2 Å². The molecule has 0 atom stereocenters. The first-order valence-electron chi connectivity index (χ1n) is 6.67. The van der Waals surface area contributed by atoms with Crippen LogP contribution in [0.2, 0.25) is 0 Å². The quantitative estimate of drug-likeness (QED) is 0.596. The van der Waals surface area contributed by atoms with Gasteiger partial charge in [0.25, 0.3) is 5.91 Å². The van der Waals surface area contributed by atoms with E-state index in [4.69, 9.17) is 9.84 Å². The van der Waals surface area contributed by atoms with Crippen molar-refractivity contribution >= 4 is 17.2 Å². The molecule has 110 valence electrons. The van der Waals surface area contributed by atoms with Crippen LogP contribution in [0.3, 0.4) is 0 Å². The van der Waals surface area contributed by atoms with Crippen molar-refractivity contribution in [2.24, 2.45) is 5.92 Å². The van der Waals surface area contributed by atoms with Gasteiger partial charge in [0.1, 0.15) is 6.61 Å². The van der Waals surface area contributed by atoms with Crippen molar-refractivity contribution in [1.82, 2.24) is 5.32 Å². The fourth-order valence-electron chi connectivity index (χ4n) is 1.41. The first kappa shape index (κ1) is 16.7. The van der Waals surface area contributed by atoms with E-state index in [0.29, 0.717) is 24.6 Å². The molecule has 2 N–H and O–H groups in total. The Labute approximate surface area is 124 Å². The maximum absolute atomic E-state index is 11.8. The van der Waals surface area contributed by atoms with Crippen LogP contribution < -0.4 is 5.32 Å². The summed E-state index contributed by atoms with van der Waals surface area (Å²) in [5, 5.41) is 13.2. The molecule has 0 aromatic carbocycles. The minimum Gasteiger partial charge on any atom is -0.384 e. The van der Waals surface area contributed by atoms with E-state index in [1.54, 1.807) is 11.4 Å². The monoisotopic (exact) mass is 295 g/mol. The highest BCUT2D eigenvalue weighted by molar-refractivity contribution is 7.10. The first-order chi connectivity index (χ1) is 9.63. The second-order valence-electron chi connectivity index (χ2n) is 4.71. The van der Waals surface area contributed by atoms with Crippen LogP contribution in [0.15, 0.2) is 11.4 Å². The maximum atomic E-state index is 11.8. The van der Waals surface area contributed by atoms with Crippen LogP contribution in [0.1, 0.15) is 35.5 Å². The summed E-state index contributed by atoms with van der Waals surface area (Å²) in [7, 11) is 0. The molecule has 1 aromatic heterocycles. The van der Waals surface area contributed by atoms with E-state index in [1.165, 1.54) is 11.3 Å². The molecular weight excluding hydrogens is 274 g/mol. The zero-order valence-corrected chi connectivity index (χ0v) is 12.8. The standard InChI is InChI=1S/C15H21NO3S/c1-12(2)5-8-19-9-6-16-15(18)13-10-14(20-11-13)4-3-7-17/h10-12,17H,5-9H2,1-2H3,(H,16,18). The van der Waals surface area contributed by atoms with Gasteiger partial charge in [-0.1, -0.05) is 25.7 Å². The normalized spacial score (nSPS) is 10.2. The van der Waals surface area contributed by atoms with Crippen molar-refractivity contribution in [1.29, 1.82) is 0 Å². The maximum Gasteiger partial charge on any atom is 0.252 e. The Bertz CT molecular complexity index is 471. The van der Waals surface area contributed by atoms with Crippen LogP contribution in [0.4, 0.5) is 0 Å². The molecule has 1 aromatic rings. The summed E-state index contributed by atoms with van der Waals surface area (Å²) in [5.41, 5.74) is 0.597. The Morgan fingerprint density at radius 1 is 1.50 bits per heavy atom. The second kappa shape index (κ2) is 9.54. The second-order valence-corrected chi connectivity index (χ2v) is 5.62. The van der Waals surface area contributed by atoms with Crippen molar-refractivity contribution < 1.29 is 14.6 Å². The number of aliphatic hydroxyl groups excluding tert-OH is 1. The molecule has 0 bridgehead atoms. The van der Waals surface area contributed by atoms with Gasteiger partial charge >= 0.3 is 0 Å². The molecule has 0 spiro atoms. The number of hydrogen-bond donors (Lipinski definition) is 2. The Morgan fingerprint density at radius 3 is 3.00 bits per heavy atom. The number of rotatable bonds is 7. The highest BCUT2D eigenvalue weighted by Crippen LogP contribution is 2.13. The molecule has 4 nitrogen and oxygen atoms in total. The summed E-state index contributed by atoms with van der Waals surface area (Å²) in [6.07, 6.45) is 1.03. The summed E-state index contributed by atoms with van der Waals surface area (Å²) in [6.45, 7) is 5.89. The molecule has 0 fully saturated rings. The van der Waals surface area contributed by atoms with Gasteiger partial charge in [-0.05, 0) is 18.4 Å². The molecular formula is C15H21NO3S. The molecule has 0 radical (unpaired) electrons. The minimum atomic E-state index is -0.173. The lowest BCUT2D eigenvalue weighted by Crippen LogP contribution is -2.27. The van der Waals surface area contributed by atoms with Crippen molar-refractivity contribution in [3.63, 3.8) is 0 Å². The van der Waals surface area contributed by atoms with Gasteiger partial charge in [-0.25, -0.2) is 0 Å². The Hall–Kier alpha value is -1.35. The first-order valence-corrected chi connectivity index (χ1v) is 7.55. The molecule has 1 rings (SSSR count). The zero-order valence-electron chi connectivity index (χ0n) is 11.9. The Morgan fingerprint density at radius 2 is 2.30 bits per heavy atom. The largest absolute Gasteiger partial charge is 0.384 e. The molecule has 0 unspecified atom stereocenters. The van der Waals surface area contributed by atoms with E-state index in [-0.39, 0.29) is 12.5 Å². The van der Waals surface area contributed by atoms with E-state index >= 15 is 0 Å². The average molecular weight is 295 g/mol. The third-order valence-corrected chi connectivity index (χ3v) is 3.37. The van der Waals surface area contributed by atoms with Gasteiger partial charge in [0, 0.05) is 18.5 Å². The number of aliphatic hydroxyl groups is 1. The SMILES string of the molecule is CC(C)CCOCCNC(=O)c1csc(C#CCO)c1.